The van der Waals surface area contributed by atoms with Crippen molar-refractivity contribution < 1.29 is 26.0 Å². The second-order valence-corrected chi connectivity index (χ2v) is 5.67. The average molecular weight is 266 g/mol. The zero-order chi connectivity index (χ0) is 13.7. The monoisotopic (exact) mass is 266 g/mol. The van der Waals surface area contributed by atoms with Crippen LogP contribution in [0.15, 0.2) is 24.3 Å². The summed E-state index contributed by atoms with van der Waals surface area (Å²) in [5.74, 6) is -0.656. The van der Waals surface area contributed by atoms with Gasteiger partial charge < -0.3 is 8.67 Å². The number of hydrogen-bond donors (Lipinski definition) is 1. The van der Waals surface area contributed by atoms with Gasteiger partial charge in [0.25, 0.3) is 0 Å². The van der Waals surface area contributed by atoms with Crippen LogP contribution in [0.2, 0.25) is 0 Å². The zero-order valence-corrected chi connectivity index (χ0v) is 11.0. The predicted molar refractivity (Wildman–Crippen MR) is 62.5 cm³/mol. The van der Waals surface area contributed by atoms with E-state index in [0.29, 0.717) is 0 Å². The number of hydrogen-bond acceptors (Lipinski definition) is 3. The van der Waals surface area contributed by atoms with E-state index in [0.717, 1.165) is 28.7 Å². The van der Waals surface area contributed by atoms with Crippen molar-refractivity contribution in [2.24, 2.45) is 0 Å². The van der Waals surface area contributed by atoms with Gasteiger partial charge in [0.05, 0.1) is 28.2 Å². The zero-order valence-electron chi connectivity index (χ0n) is 10.2. The standard InChI is InChI=1S/C6H5FO4S.C4H12N/c7-5-1-3-6(4-2-5)11-12(8,9)10;1-5(2,3)4/h1-4H,(H,8,9,10);1-4H3/q;+1. The van der Waals surface area contributed by atoms with E-state index in [2.05, 4.69) is 32.4 Å². The Labute approximate surface area is 101 Å². The SMILES string of the molecule is C[N+](C)(C)C.O=S(=O)(O)Oc1ccc(F)cc1. The highest BCUT2D eigenvalue weighted by molar-refractivity contribution is 7.81. The second kappa shape index (κ2) is 5.95. The van der Waals surface area contributed by atoms with E-state index in [1.54, 1.807) is 0 Å². The van der Waals surface area contributed by atoms with E-state index in [1.807, 2.05) is 0 Å². The highest BCUT2D eigenvalue weighted by Crippen LogP contribution is 2.12. The van der Waals surface area contributed by atoms with Gasteiger partial charge in [0.15, 0.2) is 0 Å². The summed E-state index contributed by atoms with van der Waals surface area (Å²) in [4.78, 5) is 0. The van der Waals surface area contributed by atoms with Crippen molar-refractivity contribution in [3.8, 4) is 5.75 Å². The quantitative estimate of drug-likeness (QED) is 0.648. The van der Waals surface area contributed by atoms with Gasteiger partial charge in [-0.15, -0.1) is 0 Å². The molecule has 0 atom stereocenters. The first-order chi connectivity index (χ1) is 7.47. The third-order valence-corrected chi connectivity index (χ3v) is 1.42. The lowest BCUT2D eigenvalue weighted by atomic mass is 10.3. The molecule has 0 saturated heterocycles. The van der Waals surface area contributed by atoms with Crippen molar-refractivity contribution in [3.05, 3.63) is 30.1 Å². The Hall–Kier alpha value is -1.18. The molecule has 5 nitrogen and oxygen atoms in total. The minimum atomic E-state index is -4.51. The Morgan fingerprint density at radius 1 is 1.12 bits per heavy atom. The lowest BCUT2D eigenvalue weighted by molar-refractivity contribution is -0.849. The molecule has 7 heteroatoms. The summed E-state index contributed by atoms with van der Waals surface area (Å²) < 4.78 is 45.7. The average Bonchev–Trinajstić information content (AvgIpc) is 2.03. The molecule has 1 N–H and O–H groups in total. The minimum Gasteiger partial charge on any atom is -0.362 e. The maximum atomic E-state index is 12.3. The molecule has 0 unspecified atom stereocenters. The Kier molecular flexibility index (Phi) is 5.53. The Balaban J connectivity index is 0.000000437. The smallest absolute Gasteiger partial charge is 0.362 e. The molecule has 1 aromatic carbocycles. The van der Waals surface area contributed by atoms with E-state index >= 15 is 0 Å². The summed E-state index contributed by atoms with van der Waals surface area (Å²) in [6.07, 6.45) is 0. The fourth-order valence-electron chi connectivity index (χ4n) is 0.612. The molecular formula is C10H17FNO4S+. The first-order valence-corrected chi connectivity index (χ1v) is 6.05. The van der Waals surface area contributed by atoms with E-state index < -0.39 is 16.2 Å². The van der Waals surface area contributed by atoms with E-state index in [1.165, 1.54) is 0 Å². The fourth-order valence-corrected chi connectivity index (χ4v) is 0.966. The first kappa shape index (κ1) is 15.8. The second-order valence-electron chi connectivity index (χ2n) is 4.65. The van der Waals surface area contributed by atoms with Crippen molar-refractivity contribution in [2.45, 2.75) is 0 Å². The van der Waals surface area contributed by atoms with Crippen LogP contribution in [-0.4, -0.2) is 45.6 Å². The van der Waals surface area contributed by atoms with Gasteiger partial charge in [0, 0.05) is 0 Å². The number of quaternary nitrogens is 1. The van der Waals surface area contributed by atoms with Crippen LogP contribution < -0.4 is 4.18 Å². The van der Waals surface area contributed by atoms with Gasteiger partial charge in [-0.05, 0) is 24.3 Å². The van der Waals surface area contributed by atoms with Crippen LogP contribution in [-0.2, 0) is 10.4 Å². The van der Waals surface area contributed by atoms with Crippen LogP contribution >= 0.6 is 0 Å². The molecule has 0 aromatic heterocycles. The third kappa shape index (κ3) is 12.8. The molecule has 0 amide bonds. The van der Waals surface area contributed by atoms with Crippen LogP contribution in [0.1, 0.15) is 0 Å². The molecule has 1 aromatic rings. The molecular weight excluding hydrogens is 249 g/mol. The molecule has 0 aliphatic rings. The van der Waals surface area contributed by atoms with E-state index in [9.17, 15) is 12.8 Å². The molecule has 0 spiro atoms. The Morgan fingerprint density at radius 3 is 1.76 bits per heavy atom. The van der Waals surface area contributed by atoms with Crippen LogP contribution in [0.25, 0.3) is 0 Å². The van der Waals surface area contributed by atoms with Crippen molar-refractivity contribution in [1.29, 1.82) is 0 Å². The minimum absolute atomic E-state index is 0.140. The molecule has 0 saturated carbocycles. The van der Waals surface area contributed by atoms with E-state index in [-0.39, 0.29) is 5.75 Å². The van der Waals surface area contributed by atoms with Crippen LogP contribution in [0.5, 0.6) is 5.75 Å². The van der Waals surface area contributed by atoms with Crippen LogP contribution in [0.3, 0.4) is 0 Å². The summed E-state index contributed by atoms with van der Waals surface area (Å²) in [5.41, 5.74) is 0. The highest BCUT2D eigenvalue weighted by atomic mass is 32.3. The number of halogens is 1. The van der Waals surface area contributed by atoms with Gasteiger partial charge in [-0.1, -0.05) is 0 Å². The van der Waals surface area contributed by atoms with Gasteiger partial charge in [-0.2, -0.15) is 8.42 Å². The molecule has 1 rings (SSSR count). The normalized spacial score (nSPS) is 11.4. The van der Waals surface area contributed by atoms with Gasteiger partial charge in [-0.25, -0.2) is 4.39 Å². The summed E-state index contributed by atoms with van der Waals surface area (Å²) in [7, 11) is 3.99. The summed E-state index contributed by atoms with van der Waals surface area (Å²) in [5, 5.41) is 0. The summed E-state index contributed by atoms with van der Waals surface area (Å²) in [6.45, 7) is 0. The Morgan fingerprint density at radius 2 is 1.47 bits per heavy atom. The summed E-state index contributed by atoms with van der Waals surface area (Å²) >= 11 is 0. The summed E-state index contributed by atoms with van der Waals surface area (Å²) in [6, 6.07) is 4.20. The first-order valence-electron chi connectivity index (χ1n) is 4.69. The largest absolute Gasteiger partial charge is 0.446 e. The fraction of sp³-hybridized carbons (Fsp3) is 0.400. The molecule has 0 bridgehead atoms. The van der Waals surface area contributed by atoms with Crippen molar-refractivity contribution in [1.82, 2.24) is 0 Å². The number of benzene rings is 1. The lowest BCUT2D eigenvalue weighted by Gasteiger charge is -2.14. The van der Waals surface area contributed by atoms with Crippen molar-refractivity contribution in [2.75, 3.05) is 28.2 Å². The van der Waals surface area contributed by atoms with Crippen LogP contribution in [0.4, 0.5) is 4.39 Å². The molecule has 0 aliphatic heterocycles. The molecule has 0 aliphatic carbocycles. The third-order valence-electron chi connectivity index (χ3n) is 1.02. The predicted octanol–water partition coefficient (Wildman–Crippen LogP) is 1.33. The number of rotatable bonds is 2. The Bertz CT molecular complexity index is 430. The van der Waals surface area contributed by atoms with Gasteiger partial charge in [-0.3, -0.25) is 4.55 Å². The topological polar surface area (TPSA) is 63.6 Å². The maximum absolute atomic E-state index is 12.3. The molecule has 0 radical (unpaired) electrons. The van der Waals surface area contributed by atoms with E-state index in [4.69, 9.17) is 4.55 Å². The van der Waals surface area contributed by atoms with Gasteiger partial charge in [0.2, 0.25) is 0 Å². The van der Waals surface area contributed by atoms with Gasteiger partial charge in [0.1, 0.15) is 11.6 Å². The maximum Gasteiger partial charge on any atom is 0.446 e. The molecule has 98 valence electrons. The van der Waals surface area contributed by atoms with Gasteiger partial charge >= 0.3 is 10.4 Å². The lowest BCUT2D eigenvalue weighted by Crippen LogP contribution is -2.27. The van der Waals surface area contributed by atoms with Crippen LogP contribution in [0, 0.1) is 5.82 Å². The molecule has 0 fully saturated rings. The highest BCUT2D eigenvalue weighted by Gasteiger charge is 2.05. The van der Waals surface area contributed by atoms with Crippen molar-refractivity contribution >= 4 is 10.4 Å². The van der Waals surface area contributed by atoms with Crippen molar-refractivity contribution in [3.63, 3.8) is 0 Å². The number of nitrogens with zero attached hydrogens (tertiary/aromatic N) is 1. The molecule has 17 heavy (non-hydrogen) atoms. The molecule has 0 heterocycles.